The van der Waals surface area contributed by atoms with Crippen molar-refractivity contribution in [2.45, 2.75) is 13.8 Å². The number of furan rings is 1. The minimum atomic E-state index is -0.395. The third-order valence-electron chi connectivity index (χ3n) is 2.07. The molecule has 0 bridgehead atoms. The molecule has 0 radical (unpaired) electrons. The van der Waals surface area contributed by atoms with Gasteiger partial charge in [0.25, 0.3) is 5.91 Å². The third-order valence-corrected chi connectivity index (χ3v) is 2.36. The zero-order valence-corrected chi connectivity index (χ0v) is 10.1. The number of hydrogen-bond donors (Lipinski definition) is 1. The summed E-state index contributed by atoms with van der Waals surface area (Å²) in [4.78, 5) is 20.0. The predicted octanol–water partition coefficient (Wildman–Crippen LogP) is 2.59. The lowest BCUT2D eigenvalue weighted by Crippen LogP contribution is -2.14. The van der Waals surface area contributed by atoms with Gasteiger partial charge >= 0.3 is 0 Å². The van der Waals surface area contributed by atoms with Crippen molar-refractivity contribution in [1.82, 2.24) is 9.97 Å². The van der Waals surface area contributed by atoms with Gasteiger partial charge in [-0.05, 0) is 37.6 Å². The maximum atomic E-state index is 11.8. The van der Waals surface area contributed by atoms with Crippen LogP contribution in [0.3, 0.4) is 0 Å². The first-order chi connectivity index (χ1) is 8.06. The number of hydrogen-bond acceptors (Lipinski definition) is 4. The summed E-state index contributed by atoms with van der Waals surface area (Å²) in [5, 5.41) is 2.61. The van der Waals surface area contributed by atoms with Crippen molar-refractivity contribution in [3.63, 3.8) is 0 Å². The number of anilines is 1. The van der Waals surface area contributed by atoms with E-state index in [1.165, 1.54) is 12.3 Å². The number of halogens is 1. The molecule has 2 aromatic heterocycles. The maximum absolute atomic E-state index is 11.8. The molecule has 0 aliphatic heterocycles. The summed E-state index contributed by atoms with van der Waals surface area (Å²) in [6.45, 7) is 3.66. The standard InChI is InChI=1S/C11H10ClN3O2/c1-6-5-7(2)14-11(13-6)15-10(16)8-3-4-17-9(8)12/h3-5H,1-2H3,(H,13,14,15,16). The normalized spacial score (nSPS) is 10.3. The summed E-state index contributed by atoms with van der Waals surface area (Å²) < 4.78 is 4.83. The molecule has 0 aromatic carbocycles. The van der Waals surface area contributed by atoms with Gasteiger partial charge < -0.3 is 4.42 Å². The molecule has 0 saturated heterocycles. The van der Waals surface area contributed by atoms with Gasteiger partial charge in [0, 0.05) is 11.4 Å². The molecular formula is C11H10ClN3O2. The van der Waals surface area contributed by atoms with Crippen molar-refractivity contribution in [1.29, 1.82) is 0 Å². The number of rotatable bonds is 2. The van der Waals surface area contributed by atoms with Gasteiger partial charge in [-0.1, -0.05) is 0 Å². The molecule has 88 valence electrons. The fraction of sp³-hybridized carbons (Fsp3) is 0.182. The van der Waals surface area contributed by atoms with Crippen molar-refractivity contribution in [2.75, 3.05) is 5.32 Å². The topological polar surface area (TPSA) is 68.0 Å². The van der Waals surface area contributed by atoms with Crippen molar-refractivity contribution in [2.24, 2.45) is 0 Å². The summed E-state index contributed by atoms with van der Waals surface area (Å²) in [6, 6.07) is 3.31. The lowest BCUT2D eigenvalue weighted by atomic mass is 10.3. The Bertz CT molecular complexity index is 545. The van der Waals surface area contributed by atoms with E-state index in [4.69, 9.17) is 16.0 Å². The molecule has 2 heterocycles. The Hall–Kier alpha value is -1.88. The van der Waals surface area contributed by atoms with Crippen molar-refractivity contribution < 1.29 is 9.21 Å². The van der Waals surface area contributed by atoms with E-state index < -0.39 is 5.91 Å². The van der Waals surface area contributed by atoms with Crippen LogP contribution < -0.4 is 5.32 Å². The second kappa shape index (κ2) is 4.55. The van der Waals surface area contributed by atoms with Crippen LogP contribution in [0, 0.1) is 13.8 Å². The summed E-state index contributed by atoms with van der Waals surface area (Å²) in [5.41, 5.74) is 1.83. The molecule has 0 aliphatic rings. The SMILES string of the molecule is Cc1cc(C)nc(NC(=O)c2ccoc2Cl)n1. The van der Waals surface area contributed by atoms with Gasteiger partial charge in [0.05, 0.1) is 11.8 Å². The van der Waals surface area contributed by atoms with E-state index in [0.29, 0.717) is 0 Å². The van der Waals surface area contributed by atoms with Crippen LogP contribution in [0.2, 0.25) is 5.22 Å². The Balaban J connectivity index is 2.21. The van der Waals surface area contributed by atoms with Gasteiger partial charge in [0.15, 0.2) is 0 Å². The summed E-state index contributed by atoms with van der Waals surface area (Å²) >= 11 is 5.70. The number of carbonyl (C=O) groups is 1. The van der Waals surface area contributed by atoms with Gasteiger partial charge in [-0.3, -0.25) is 10.1 Å². The molecule has 1 amide bonds. The minimum Gasteiger partial charge on any atom is -0.452 e. The molecule has 6 heteroatoms. The Kier molecular flexibility index (Phi) is 3.10. The van der Waals surface area contributed by atoms with Crippen LogP contribution in [0.25, 0.3) is 0 Å². The quantitative estimate of drug-likeness (QED) is 0.891. The number of amides is 1. The number of carbonyl (C=O) groups excluding carboxylic acids is 1. The van der Waals surface area contributed by atoms with Gasteiger partial charge in [0.1, 0.15) is 0 Å². The highest BCUT2D eigenvalue weighted by Crippen LogP contribution is 2.17. The second-order valence-electron chi connectivity index (χ2n) is 3.54. The lowest BCUT2D eigenvalue weighted by molar-refractivity contribution is 0.102. The first-order valence-corrected chi connectivity index (χ1v) is 5.30. The Morgan fingerprint density at radius 2 is 2.00 bits per heavy atom. The first-order valence-electron chi connectivity index (χ1n) is 4.93. The molecule has 17 heavy (non-hydrogen) atoms. The second-order valence-corrected chi connectivity index (χ2v) is 3.88. The van der Waals surface area contributed by atoms with Crippen LogP contribution in [0.15, 0.2) is 22.8 Å². The summed E-state index contributed by atoms with van der Waals surface area (Å²) in [5.74, 6) is -0.140. The van der Waals surface area contributed by atoms with Gasteiger partial charge in [-0.15, -0.1) is 0 Å². The largest absolute Gasteiger partial charge is 0.452 e. The molecule has 1 N–H and O–H groups in total. The number of aryl methyl sites for hydroxylation is 2. The van der Waals surface area contributed by atoms with Crippen LogP contribution in [0.4, 0.5) is 5.95 Å². The molecule has 2 aromatic rings. The smallest absolute Gasteiger partial charge is 0.262 e. The van der Waals surface area contributed by atoms with Crippen LogP contribution >= 0.6 is 11.6 Å². The van der Waals surface area contributed by atoms with E-state index in [1.54, 1.807) is 0 Å². The van der Waals surface area contributed by atoms with E-state index in [9.17, 15) is 4.79 Å². The zero-order chi connectivity index (χ0) is 12.4. The molecule has 0 atom stereocenters. The Labute approximate surface area is 103 Å². The lowest BCUT2D eigenvalue weighted by Gasteiger charge is -2.04. The summed E-state index contributed by atoms with van der Waals surface area (Å²) in [6.07, 6.45) is 1.35. The highest BCUT2D eigenvalue weighted by atomic mass is 35.5. The minimum absolute atomic E-state index is 0.0480. The Morgan fingerprint density at radius 1 is 1.35 bits per heavy atom. The van der Waals surface area contributed by atoms with Crippen LogP contribution in [0.1, 0.15) is 21.7 Å². The van der Waals surface area contributed by atoms with Crippen molar-refractivity contribution in [3.8, 4) is 0 Å². The highest BCUT2D eigenvalue weighted by molar-refractivity contribution is 6.32. The van der Waals surface area contributed by atoms with E-state index in [0.717, 1.165) is 11.4 Å². The average Bonchev–Trinajstić information content (AvgIpc) is 2.62. The number of nitrogens with one attached hydrogen (secondary N) is 1. The number of aromatic nitrogens is 2. The molecule has 0 unspecified atom stereocenters. The van der Waals surface area contributed by atoms with Gasteiger partial charge in [-0.2, -0.15) is 0 Å². The summed E-state index contributed by atoms with van der Waals surface area (Å²) in [7, 11) is 0. The molecule has 2 rings (SSSR count). The van der Waals surface area contributed by atoms with Crippen LogP contribution in [0.5, 0.6) is 0 Å². The van der Waals surface area contributed by atoms with Crippen LogP contribution in [-0.2, 0) is 0 Å². The monoisotopic (exact) mass is 251 g/mol. The van der Waals surface area contributed by atoms with E-state index in [2.05, 4.69) is 15.3 Å². The first kappa shape index (κ1) is 11.6. The molecule has 5 nitrogen and oxygen atoms in total. The van der Waals surface area contributed by atoms with Gasteiger partial charge in [0.2, 0.25) is 11.2 Å². The maximum Gasteiger partial charge on any atom is 0.262 e. The molecule has 0 spiro atoms. The fourth-order valence-corrected chi connectivity index (χ4v) is 1.61. The van der Waals surface area contributed by atoms with E-state index >= 15 is 0 Å². The average molecular weight is 252 g/mol. The van der Waals surface area contributed by atoms with Crippen LogP contribution in [-0.4, -0.2) is 15.9 Å². The fourth-order valence-electron chi connectivity index (χ4n) is 1.41. The van der Waals surface area contributed by atoms with Crippen molar-refractivity contribution >= 4 is 23.5 Å². The number of nitrogens with zero attached hydrogens (tertiary/aromatic N) is 2. The highest BCUT2D eigenvalue weighted by Gasteiger charge is 2.14. The zero-order valence-electron chi connectivity index (χ0n) is 9.32. The molecular weight excluding hydrogens is 242 g/mol. The van der Waals surface area contributed by atoms with Gasteiger partial charge in [-0.25, -0.2) is 9.97 Å². The Morgan fingerprint density at radius 3 is 2.53 bits per heavy atom. The van der Waals surface area contributed by atoms with Crippen molar-refractivity contribution in [3.05, 3.63) is 40.6 Å². The predicted molar refractivity (Wildman–Crippen MR) is 63.2 cm³/mol. The van der Waals surface area contributed by atoms with E-state index in [1.807, 2.05) is 19.9 Å². The van der Waals surface area contributed by atoms with E-state index in [-0.39, 0.29) is 16.7 Å². The molecule has 0 saturated carbocycles. The third kappa shape index (κ3) is 2.62. The molecule has 0 fully saturated rings. The molecule has 0 aliphatic carbocycles.